The number of nitrogens with zero attached hydrogens (tertiary/aromatic N) is 1. The number of carboxylic acid groups (broad SMARTS) is 1. The third kappa shape index (κ3) is 3.93. The van der Waals surface area contributed by atoms with E-state index in [0.717, 1.165) is 31.4 Å². The van der Waals surface area contributed by atoms with Crippen molar-refractivity contribution >= 4 is 17.6 Å². The fraction of sp³-hybridized carbons (Fsp3) is 0.533. The molecule has 0 saturated heterocycles. The van der Waals surface area contributed by atoms with Crippen LogP contribution in [0.3, 0.4) is 0 Å². The Morgan fingerprint density at radius 3 is 2.76 bits per heavy atom. The molecule has 6 nitrogen and oxygen atoms in total. The Labute approximate surface area is 124 Å². The first kappa shape index (κ1) is 15.3. The van der Waals surface area contributed by atoms with Gasteiger partial charge in [0.25, 0.3) is 5.91 Å². The normalized spacial score (nSPS) is 22.1. The summed E-state index contributed by atoms with van der Waals surface area (Å²) in [5.74, 6) is -1.40. The summed E-state index contributed by atoms with van der Waals surface area (Å²) >= 11 is 0. The van der Waals surface area contributed by atoms with Gasteiger partial charge in [-0.05, 0) is 25.0 Å². The predicted molar refractivity (Wildman–Crippen MR) is 79.2 cm³/mol. The van der Waals surface area contributed by atoms with E-state index in [4.69, 9.17) is 0 Å². The predicted octanol–water partition coefficient (Wildman–Crippen LogP) is 1.89. The molecule has 0 aliphatic heterocycles. The summed E-state index contributed by atoms with van der Waals surface area (Å²) in [5.41, 5.74) is 1.06. The van der Waals surface area contributed by atoms with Crippen LogP contribution in [-0.4, -0.2) is 35.1 Å². The van der Waals surface area contributed by atoms with Crippen LogP contribution in [0, 0.1) is 5.92 Å². The SMILES string of the molecule is CNC(=O)c1cc(NC2CCCCCC2C(=O)O)ccn1. The van der Waals surface area contributed by atoms with Crippen molar-refractivity contribution in [1.82, 2.24) is 10.3 Å². The van der Waals surface area contributed by atoms with Crippen molar-refractivity contribution < 1.29 is 14.7 Å². The van der Waals surface area contributed by atoms with Crippen LogP contribution >= 0.6 is 0 Å². The quantitative estimate of drug-likeness (QED) is 0.737. The molecule has 0 radical (unpaired) electrons. The molecule has 21 heavy (non-hydrogen) atoms. The average Bonchev–Trinajstić information content (AvgIpc) is 2.72. The lowest BCUT2D eigenvalue weighted by molar-refractivity contribution is -0.142. The third-order valence-corrected chi connectivity index (χ3v) is 3.90. The lowest BCUT2D eigenvalue weighted by Crippen LogP contribution is -2.33. The molecule has 1 saturated carbocycles. The van der Waals surface area contributed by atoms with Gasteiger partial charge in [-0.2, -0.15) is 0 Å². The summed E-state index contributed by atoms with van der Waals surface area (Å²) in [7, 11) is 1.55. The maximum Gasteiger partial charge on any atom is 0.308 e. The van der Waals surface area contributed by atoms with Crippen LogP contribution in [0.2, 0.25) is 0 Å². The number of pyridine rings is 1. The van der Waals surface area contributed by atoms with Gasteiger partial charge < -0.3 is 15.7 Å². The highest BCUT2D eigenvalue weighted by Crippen LogP contribution is 2.26. The van der Waals surface area contributed by atoms with Gasteiger partial charge in [0.05, 0.1) is 5.92 Å². The molecule has 0 bridgehead atoms. The number of hydrogen-bond acceptors (Lipinski definition) is 4. The smallest absolute Gasteiger partial charge is 0.308 e. The summed E-state index contributed by atoms with van der Waals surface area (Å²) in [6.07, 6.45) is 6.12. The zero-order chi connectivity index (χ0) is 15.2. The molecule has 2 unspecified atom stereocenters. The van der Waals surface area contributed by atoms with E-state index in [1.54, 1.807) is 25.4 Å². The number of aromatic nitrogens is 1. The molecule has 1 aliphatic carbocycles. The van der Waals surface area contributed by atoms with Crippen molar-refractivity contribution in [2.45, 2.75) is 38.1 Å². The Kier molecular flexibility index (Phi) is 5.14. The van der Waals surface area contributed by atoms with Gasteiger partial charge >= 0.3 is 5.97 Å². The summed E-state index contributed by atoms with van der Waals surface area (Å²) in [5, 5.41) is 15.2. The lowest BCUT2D eigenvalue weighted by atomic mass is 9.94. The second kappa shape index (κ2) is 7.06. The Morgan fingerprint density at radius 1 is 1.29 bits per heavy atom. The average molecular weight is 291 g/mol. The van der Waals surface area contributed by atoms with E-state index < -0.39 is 5.97 Å². The first-order chi connectivity index (χ1) is 10.1. The van der Waals surface area contributed by atoms with Crippen molar-refractivity contribution in [3.05, 3.63) is 24.0 Å². The molecule has 6 heteroatoms. The molecule has 0 spiro atoms. The van der Waals surface area contributed by atoms with Gasteiger partial charge in [-0.15, -0.1) is 0 Å². The van der Waals surface area contributed by atoms with E-state index in [2.05, 4.69) is 15.6 Å². The number of carboxylic acids is 1. The number of carbonyl (C=O) groups excluding carboxylic acids is 1. The minimum Gasteiger partial charge on any atom is -0.481 e. The zero-order valence-electron chi connectivity index (χ0n) is 12.1. The number of aliphatic carboxylic acids is 1. The summed E-state index contributed by atoms with van der Waals surface area (Å²) in [4.78, 5) is 27.0. The maximum absolute atomic E-state index is 11.6. The molecule has 1 fully saturated rings. The van der Waals surface area contributed by atoms with E-state index in [-0.39, 0.29) is 17.9 Å². The summed E-state index contributed by atoms with van der Waals surface area (Å²) in [6, 6.07) is 3.31. The van der Waals surface area contributed by atoms with Crippen LogP contribution in [0.5, 0.6) is 0 Å². The van der Waals surface area contributed by atoms with Crippen molar-refractivity contribution in [2.75, 3.05) is 12.4 Å². The number of hydrogen-bond donors (Lipinski definition) is 3. The fourth-order valence-electron chi connectivity index (χ4n) is 2.76. The summed E-state index contributed by atoms with van der Waals surface area (Å²) in [6.45, 7) is 0. The number of carbonyl (C=O) groups is 2. The van der Waals surface area contributed by atoms with Crippen molar-refractivity contribution in [1.29, 1.82) is 0 Å². The highest BCUT2D eigenvalue weighted by Gasteiger charge is 2.29. The summed E-state index contributed by atoms with van der Waals surface area (Å²) < 4.78 is 0. The van der Waals surface area contributed by atoms with Crippen LogP contribution in [0.25, 0.3) is 0 Å². The molecular weight excluding hydrogens is 270 g/mol. The number of amides is 1. The zero-order valence-corrected chi connectivity index (χ0v) is 12.1. The highest BCUT2D eigenvalue weighted by molar-refractivity contribution is 5.92. The van der Waals surface area contributed by atoms with Crippen LogP contribution < -0.4 is 10.6 Å². The molecule has 1 heterocycles. The minimum atomic E-state index is -0.755. The molecule has 2 rings (SSSR count). The molecule has 3 N–H and O–H groups in total. The second-order valence-corrected chi connectivity index (χ2v) is 5.34. The standard InChI is InChI=1S/C15H21N3O3/c1-16-14(19)13-9-10(7-8-17-13)18-12-6-4-2-3-5-11(12)15(20)21/h7-9,11-12H,2-6H2,1H3,(H,16,19)(H,17,18)(H,20,21). The molecule has 0 aromatic carbocycles. The van der Waals surface area contributed by atoms with Gasteiger partial charge in [0, 0.05) is 25.0 Å². The van der Waals surface area contributed by atoms with Crippen molar-refractivity contribution in [3.63, 3.8) is 0 Å². The Bertz CT molecular complexity index is 519. The largest absolute Gasteiger partial charge is 0.481 e. The molecule has 1 aliphatic rings. The van der Waals surface area contributed by atoms with Crippen LogP contribution in [0.1, 0.15) is 42.6 Å². The van der Waals surface area contributed by atoms with Crippen molar-refractivity contribution in [2.24, 2.45) is 5.92 Å². The van der Waals surface area contributed by atoms with E-state index in [0.29, 0.717) is 12.1 Å². The van der Waals surface area contributed by atoms with Gasteiger partial charge in [0.1, 0.15) is 5.69 Å². The van der Waals surface area contributed by atoms with Gasteiger partial charge in [0.2, 0.25) is 0 Å². The maximum atomic E-state index is 11.6. The van der Waals surface area contributed by atoms with Crippen molar-refractivity contribution in [3.8, 4) is 0 Å². The van der Waals surface area contributed by atoms with E-state index in [1.165, 1.54) is 0 Å². The Morgan fingerprint density at radius 2 is 2.05 bits per heavy atom. The van der Waals surface area contributed by atoms with E-state index in [1.807, 2.05) is 0 Å². The van der Waals surface area contributed by atoms with Crippen LogP contribution in [0.15, 0.2) is 18.3 Å². The second-order valence-electron chi connectivity index (χ2n) is 5.34. The molecule has 114 valence electrons. The molecular formula is C15H21N3O3. The molecule has 1 amide bonds. The number of nitrogens with one attached hydrogen (secondary N) is 2. The van der Waals surface area contributed by atoms with Crippen LogP contribution in [0.4, 0.5) is 5.69 Å². The Balaban J connectivity index is 2.14. The third-order valence-electron chi connectivity index (χ3n) is 3.90. The molecule has 1 aromatic heterocycles. The van der Waals surface area contributed by atoms with Gasteiger partial charge in [-0.1, -0.05) is 19.3 Å². The van der Waals surface area contributed by atoms with E-state index >= 15 is 0 Å². The highest BCUT2D eigenvalue weighted by atomic mass is 16.4. The van der Waals surface area contributed by atoms with Gasteiger partial charge in [-0.3, -0.25) is 14.6 Å². The molecule has 1 aromatic rings. The topological polar surface area (TPSA) is 91.3 Å². The fourth-order valence-corrected chi connectivity index (χ4v) is 2.76. The Hall–Kier alpha value is -2.11. The number of rotatable bonds is 4. The molecule has 2 atom stereocenters. The van der Waals surface area contributed by atoms with Gasteiger partial charge in [0.15, 0.2) is 0 Å². The minimum absolute atomic E-state index is 0.107. The first-order valence-electron chi connectivity index (χ1n) is 7.29. The van der Waals surface area contributed by atoms with Gasteiger partial charge in [-0.25, -0.2) is 0 Å². The van der Waals surface area contributed by atoms with Crippen LogP contribution in [-0.2, 0) is 4.79 Å². The first-order valence-corrected chi connectivity index (χ1v) is 7.29. The van der Waals surface area contributed by atoms with E-state index in [9.17, 15) is 14.7 Å². The lowest BCUT2D eigenvalue weighted by Gasteiger charge is -2.24. The monoisotopic (exact) mass is 291 g/mol. The number of anilines is 1.